The van der Waals surface area contributed by atoms with Gasteiger partial charge in [0.2, 0.25) is 0 Å². The van der Waals surface area contributed by atoms with Crippen LogP contribution in [0.3, 0.4) is 0 Å². The summed E-state index contributed by atoms with van der Waals surface area (Å²) in [5.74, 6) is 0.348. The second kappa shape index (κ2) is 10.1. The SMILES string of the molecule is CC(N[C@H]1CC[C@@H](Nc2cc[nH]c(=O)c2C(N)=Nc2ccc(C(F)(F)F)cc2)C(C#N)C1)C1CC1. The molecule has 5 N–H and O–H groups in total. The normalized spacial score (nSPS) is 24.0. The molecule has 2 unspecified atom stereocenters. The largest absolute Gasteiger partial charge is 0.416 e. The van der Waals surface area contributed by atoms with E-state index in [9.17, 15) is 23.2 Å². The van der Waals surface area contributed by atoms with Crippen molar-refractivity contribution in [3.63, 3.8) is 0 Å². The highest BCUT2D eigenvalue weighted by Gasteiger charge is 2.35. The van der Waals surface area contributed by atoms with Gasteiger partial charge < -0.3 is 21.4 Å². The number of hydrogen-bond donors (Lipinski definition) is 4. The monoisotopic (exact) mass is 486 g/mol. The lowest BCUT2D eigenvalue weighted by atomic mass is 9.81. The van der Waals surface area contributed by atoms with Crippen molar-refractivity contribution in [1.29, 1.82) is 5.26 Å². The van der Waals surface area contributed by atoms with Crippen LogP contribution in [0.4, 0.5) is 24.5 Å². The lowest BCUT2D eigenvalue weighted by Gasteiger charge is -2.35. The molecule has 1 aromatic heterocycles. The van der Waals surface area contributed by atoms with Gasteiger partial charge in [-0.05, 0) is 75.3 Å². The molecule has 186 valence electrons. The molecule has 0 saturated heterocycles. The molecule has 4 rings (SSSR count). The summed E-state index contributed by atoms with van der Waals surface area (Å²) in [4.78, 5) is 19.3. The number of nitriles is 1. The number of halogens is 3. The molecule has 4 atom stereocenters. The van der Waals surface area contributed by atoms with Crippen molar-refractivity contribution in [3.8, 4) is 6.07 Å². The summed E-state index contributed by atoms with van der Waals surface area (Å²) in [5, 5.41) is 16.8. The van der Waals surface area contributed by atoms with Gasteiger partial charge in [-0.1, -0.05) is 0 Å². The minimum atomic E-state index is -4.46. The smallest absolute Gasteiger partial charge is 0.383 e. The molecule has 7 nitrogen and oxygen atoms in total. The second-order valence-electron chi connectivity index (χ2n) is 9.43. The number of hydrogen-bond acceptors (Lipinski definition) is 5. The topological polar surface area (TPSA) is 119 Å². The number of H-pyrrole nitrogens is 1. The van der Waals surface area contributed by atoms with Crippen molar-refractivity contribution >= 4 is 17.2 Å². The van der Waals surface area contributed by atoms with Gasteiger partial charge in [0, 0.05) is 24.3 Å². The number of aliphatic imine (C=N–C) groups is 1. The Morgan fingerprint density at radius 1 is 1.20 bits per heavy atom. The van der Waals surface area contributed by atoms with Crippen molar-refractivity contribution < 1.29 is 13.2 Å². The second-order valence-corrected chi connectivity index (χ2v) is 9.43. The van der Waals surface area contributed by atoms with Gasteiger partial charge in [-0.2, -0.15) is 18.4 Å². The molecule has 0 bridgehead atoms. The highest BCUT2D eigenvalue weighted by molar-refractivity contribution is 6.03. The molecular formula is C25H29F3N6O. The first-order chi connectivity index (χ1) is 16.7. The van der Waals surface area contributed by atoms with E-state index in [-0.39, 0.29) is 35.1 Å². The fourth-order valence-electron chi connectivity index (χ4n) is 4.71. The number of amidine groups is 1. The molecule has 10 heteroatoms. The van der Waals surface area contributed by atoms with Crippen LogP contribution < -0.4 is 21.9 Å². The predicted octanol–water partition coefficient (Wildman–Crippen LogP) is 4.29. The van der Waals surface area contributed by atoms with Gasteiger partial charge in [0.25, 0.3) is 5.56 Å². The maximum atomic E-state index is 12.8. The van der Waals surface area contributed by atoms with Gasteiger partial charge in [-0.15, -0.1) is 0 Å². The predicted molar refractivity (Wildman–Crippen MR) is 128 cm³/mol. The number of pyridine rings is 1. The maximum Gasteiger partial charge on any atom is 0.416 e. The van der Waals surface area contributed by atoms with Crippen LogP contribution in [0, 0.1) is 23.2 Å². The van der Waals surface area contributed by atoms with Crippen molar-refractivity contribution in [2.24, 2.45) is 22.6 Å². The molecule has 2 aliphatic rings. The van der Waals surface area contributed by atoms with Crippen molar-refractivity contribution in [1.82, 2.24) is 10.3 Å². The third-order valence-corrected chi connectivity index (χ3v) is 6.85. The Morgan fingerprint density at radius 3 is 2.54 bits per heavy atom. The number of anilines is 1. The van der Waals surface area contributed by atoms with E-state index < -0.39 is 17.3 Å². The average molecular weight is 487 g/mol. The Kier molecular flexibility index (Phi) is 7.17. The van der Waals surface area contributed by atoms with Crippen LogP contribution in [0.5, 0.6) is 0 Å². The van der Waals surface area contributed by atoms with E-state index in [1.807, 2.05) is 0 Å². The van der Waals surface area contributed by atoms with Crippen molar-refractivity contribution in [2.75, 3.05) is 5.32 Å². The summed E-state index contributed by atoms with van der Waals surface area (Å²) >= 11 is 0. The van der Waals surface area contributed by atoms with E-state index in [2.05, 4.69) is 33.6 Å². The van der Waals surface area contributed by atoms with E-state index in [0.29, 0.717) is 18.2 Å². The van der Waals surface area contributed by atoms with Gasteiger partial charge in [0.1, 0.15) is 11.4 Å². The van der Waals surface area contributed by atoms with Crippen LogP contribution in [-0.4, -0.2) is 28.9 Å². The zero-order valence-electron chi connectivity index (χ0n) is 19.4. The fraction of sp³-hybridized carbons (Fsp3) is 0.480. The highest BCUT2D eigenvalue weighted by atomic mass is 19.4. The number of aromatic amines is 1. The lowest BCUT2D eigenvalue weighted by Crippen LogP contribution is -2.46. The first-order valence-electron chi connectivity index (χ1n) is 11.8. The molecule has 0 amide bonds. The molecule has 1 heterocycles. The molecule has 0 aliphatic heterocycles. The lowest BCUT2D eigenvalue weighted by molar-refractivity contribution is -0.137. The van der Waals surface area contributed by atoms with Crippen LogP contribution >= 0.6 is 0 Å². The molecule has 2 fully saturated rings. The van der Waals surface area contributed by atoms with E-state index in [4.69, 9.17) is 5.73 Å². The highest BCUT2D eigenvalue weighted by Crippen LogP contribution is 2.35. The first-order valence-corrected chi connectivity index (χ1v) is 11.8. The van der Waals surface area contributed by atoms with Gasteiger partial charge in [-0.3, -0.25) is 4.79 Å². The molecule has 0 spiro atoms. The Bertz CT molecular complexity index is 1160. The molecule has 1 aromatic carbocycles. The van der Waals surface area contributed by atoms with E-state index in [1.54, 1.807) is 6.07 Å². The fourth-order valence-corrected chi connectivity index (χ4v) is 4.71. The minimum Gasteiger partial charge on any atom is -0.383 e. The summed E-state index contributed by atoms with van der Waals surface area (Å²) in [6, 6.07) is 8.82. The van der Waals surface area contributed by atoms with E-state index in [0.717, 1.165) is 30.9 Å². The third kappa shape index (κ3) is 6.03. The average Bonchev–Trinajstić information content (AvgIpc) is 3.65. The van der Waals surface area contributed by atoms with Crippen LogP contribution in [-0.2, 0) is 6.18 Å². The Labute approximate surface area is 201 Å². The number of nitrogens with zero attached hydrogens (tertiary/aromatic N) is 2. The number of nitrogens with one attached hydrogen (secondary N) is 3. The summed E-state index contributed by atoms with van der Waals surface area (Å²) < 4.78 is 38.5. The zero-order valence-corrected chi connectivity index (χ0v) is 19.4. The zero-order chi connectivity index (χ0) is 25.2. The van der Waals surface area contributed by atoms with Crippen LogP contribution in [0.1, 0.15) is 50.2 Å². The molecule has 0 radical (unpaired) electrons. The van der Waals surface area contributed by atoms with Gasteiger partial charge in [0.15, 0.2) is 0 Å². The van der Waals surface area contributed by atoms with Crippen molar-refractivity contribution in [2.45, 2.75) is 63.3 Å². The van der Waals surface area contributed by atoms with Gasteiger partial charge in [0.05, 0.1) is 28.9 Å². The maximum absolute atomic E-state index is 12.8. The summed E-state index contributed by atoms with van der Waals surface area (Å²) in [5.41, 5.74) is 5.57. The molecular weight excluding hydrogens is 457 g/mol. The summed E-state index contributed by atoms with van der Waals surface area (Å²) in [6.45, 7) is 2.20. The van der Waals surface area contributed by atoms with Gasteiger partial charge >= 0.3 is 6.18 Å². The summed E-state index contributed by atoms with van der Waals surface area (Å²) in [6.07, 6.45) is 1.89. The molecule has 2 aromatic rings. The Hall–Kier alpha value is -3.32. The number of alkyl halides is 3. The van der Waals surface area contributed by atoms with Crippen LogP contribution in [0.15, 0.2) is 46.3 Å². The Morgan fingerprint density at radius 2 is 1.91 bits per heavy atom. The van der Waals surface area contributed by atoms with Crippen molar-refractivity contribution in [3.05, 3.63) is 58.0 Å². The number of rotatable bonds is 7. The quantitative estimate of drug-likeness (QED) is 0.344. The number of benzene rings is 1. The van der Waals surface area contributed by atoms with Gasteiger partial charge in [-0.25, -0.2) is 4.99 Å². The molecule has 2 saturated carbocycles. The summed E-state index contributed by atoms with van der Waals surface area (Å²) in [7, 11) is 0. The van der Waals surface area contributed by atoms with E-state index in [1.165, 1.54) is 31.2 Å². The molecule has 35 heavy (non-hydrogen) atoms. The first kappa shape index (κ1) is 24.8. The number of nitrogens with two attached hydrogens (primary N) is 1. The third-order valence-electron chi connectivity index (χ3n) is 6.85. The van der Waals surface area contributed by atoms with Crippen LogP contribution in [0.2, 0.25) is 0 Å². The van der Waals surface area contributed by atoms with E-state index >= 15 is 0 Å². The number of aromatic nitrogens is 1. The molecule has 2 aliphatic carbocycles. The minimum absolute atomic E-state index is 0.0895. The van der Waals surface area contributed by atoms with Crippen LogP contribution in [0.25, 0.3) is 0 Å². The standard InChI is InChI=1S/C25H29F3N6O/c1-14(15-2-3-15)32-19-8-9-20(16(12-19)13-29)34-21-10-11-31-24(35)22(21)23(30)33-18-6-4-17(5-7-18)25(26,27)28/h4-7,10-11,14-16,19-20,32H,2-3,8-9,12H2,1H3,(H2,30,33)(H2,31,34,35)/t14?,16?,19-,20+/m0/s1. The Balaban J connectivity index is 1.50.